The summed E-state index contributed by atoms with van der Waals surface area (Å²) < 4.78 is 0. The van der Waals surface area contributed by atoms with Crippen LogP contribution in [0.5, 0.6) is 0 Å². The smallest absolute Gasteiger partial charge is 0.354 e. The van der Waals surface area contributed by atoms with Gasteiger partial charge in [-0.3, -0.25) is 0 Å². The quantitative estimate of drug-likeness (QED) is 0.843. The number of aromatic nitrogens is 1. The lowest BCUT2D eigenvalue weighted by atomic mass is 10.0. The normalized spacial score (nSPS) is 10.2. The molecule has 0 aliphatic heterocycles. The van der Waals surface area contributed by atoms with Gasteiger partial charge in [0.15, 0.2) is 0 Å². The Bertz CT molecular complexity index is 535. The summed E-state index contributed by atoms with van der Waals surface area (Å²) in [5.41, 5.74) is 2.56. The number of carboxylic acids is 1. The molecule has 0 aliphatic carbocycles. The molecule has 86 valence electrons. The van der Waals surface area contributed by atoms with Crippen molar-refractivity contribution in [1.29, 1.82) is 0 Å². The average molecular weight is 229 g/mol. The molecule has 0 aliphatic rings. The van der Waals surface area contributed by atoms with E-state index in [0.717, 1.165) is 16.7 Å². The van der Waals surface area contributed by atoms with Crippen LogP contribution >= 0.6 is 0 Å². The van der Waals surface area contributed by atoms with Gasteiger partial charge in [-0.25, -0.2) is 9.78 Å². The zero-order chi connectivity index (χ0) is 12.3. The summed E-state index contributed by atoms with van der Waals surface area (Å²) in [5.74, 6) is -1.04. The summed E-state index contributed by atoms with van der Waals surface area (Å²) in [4.78, 5) is 14.5. The van der Waals surface area contributed by atoms with Crippen LogP contribution in [0.25, 0.3) is 11.1 Å². The van der Waals surface area contributed by atoms with Crippen LogP contribution in [0, 0.1) is 0 Å². The van der Waals surface area contributed by atoms with Gasteiger partial charge in [-0.05, 0) is 23.3 Å². The van der Waals surface area contributed by atoms with Crippen molar-refractivity contribution in [2.75, 3.05) is 0 Å². The molecule has 0 spiro atoms. The number of aliphatic hydroxyl groups excluding tert-OH is 1. The second-order valence-electron chi connectivity index (χ2n) is 3.60. The van der Waals surface area contributed by atoms with Crippen LogP contribution in [-0.2, 0) is 6.61 Å². The molecule has 1 heterocycles. The molecule has 0 amide bonds. The number of carbonyl (C=O) groups is 1. The third-order valence-corrected chi connectivity index (χ3v) is 2.43. The van der Waals surface area contributed by atoms with Crippen molar-refractivity contribution in [3.05, 3.63) is 53.9 Å². The van der Waals surface area contributed by atoms with Crippen LogP contribution in [0.2, 0.25) is 0 Å². The molecule has 0 fully saturated rings. The summed E-state index contributed by atoms with van der Waals surface area (Å²) in [7, 11) is 0. The van der Waals surface area contributed by atoms with Crippen LogP contribution in [0.15, 0.2) is 42.6 Å². The first-order valence-corrected chi connectivity index (χ1v) is 5.10. The maximum Gasteiger partial charge on any atom is 0.354 e. The Morgan fingerprint density at radius 1 is 1.18 bits per heavy atom. The molecule has 0 bridgehead atoms. The van der Waals surface area contributed by atoms with E-state index in [0.29, 0.717) is 0 Å². The van der Waals surface area contributed by atoms with Crippen LogP contribution in [0.1, 0.15) is 16.1 Å². The first kappa shape index (κ1) is 11.3. The molecule has 0 unspecified atom stereocenters. The third-order valence-electron chi connectivity index (χ3n) is 2.43. The van der Waals surface area contributed by atoms with Gasteiger partial charge in [-0.2, -0.15) is 0 Å². The number of rotatable bonds is 3. The van der Waals surface area contributed by atoms with Gasteiger partial charge >= 0.3 is 5.97 Å². The van der Waals surface area contributed by atoms with Crippen LogP contribution < -0.4 is 0 Å². The van der Waals surface area contributed by atoms with E-state index in [9.17, 15) is 4.79 Å². The largest absolute Gasteiger partial charge is 0.477 e. The van der Waals surface area contributed by atoms with Crippen molar-refractivity contribution in [2.45, 2.75) is 6.61 Å². The van der Waals surface area contributed by atoms with Gasteiger partial charge in [-0.1, -0.05) is 24.3 Å². The highest BCUT2D eigenvalue weighted by Gasteiger charge is 2.04. The third kappa shape index (κ3) is 2.49. The van der Waals surface area contributed by atoms with Gasteiger partial charge in [0.1, 0.15) is 5.69 Å². The number of nitrogens with zero attached hydrogens (tertiary/aromatic N) is 1. The Kier molecular flexibility index (Phi) is 3.16. The lowest BCUT2D eigenvalue weighted by molar-refractivity contribution is 0.0690. The summed E-state index contributed by atoms with van der Waals surface area (Å²) in [6.45, 7) is -0.0194. The predicted molar refractivity (Wildman–Crippen MR) is 62.6 cm³/mol. The van der Waals surface area contributed by atoms with Crippen molar-refractivity contribution < 1.29 is 15.0 Å². The molecular formula is C13H11NO3. The van der Waals surface area contributed by atoms with Gasteiger partial charge < -0.3 is 10.2 Å². The Morgan fingerprint density at radius 2 is 2.00 bits per heavy atom. The molecule has 4 nitrogen and oxygen atoms in total. The van der Waals surface area contributed by atoms with E-state index in [4.69, 9.17) is 10.2 Å². The van der Waals surface area contributed by atoms with E-state index in [1.165, 1.54) is 12.3 Å². The lowest BCUT2D eigenvalue weighted by Crippen LogP contribution is -1.99. The molecule has 0 saturated heterocycles. The zero-order valence-electron chi connectivity index (χ0n) is 9.00. The van der Waals surface area contributed by atoms with Crippen molar-refractivity contribution >= 4 is 5.97 Å². The number of carboxylic acid groups (broad SMARTS) is 1. The Hall–Kier alpha value is -2.20. The first-order chi connectivity index (χ1) is 8.20. The molecule has 2 N–H and O–H groups in total. The maximum absolute atomic E-state index is 10.7. The first-order valence-electron chi connectivity index (χ1n) is 5.10. The zero-order valence-corrected chi connectivity index (χ0v) is 9.00. The number of aliphatic hydroxyl groups is 1. The molecule has 2 aromatic rings. The summed E-state index contributed by atoms with van der Waals surface area (Å²) in [6, 6.07) is 10.6. The minimum Gasteiger partial charge on any atom is -0.477 e. The second-order valence-corrected chi connectivity index (χ2v) is 3.60. The fourth-order valence-electron chi connectivity index (χ4n) is 1.54. The number of pyridine rings is 1. The molecule has 17 heavy (non-hydrogen) atoms. The van der Waals surface area contributed by atoms with E-state index in [1.807, 2.05) is 24.3 Å². The standard InChI is InChI=1S/C13H11NO3/c15-8-9-2-1-3-10(6-9)11-4-5-12(13(16)17)14-7-11/h1-7,15H,8H2,(H,16,17). The minimum atomic E-state index is -1.04. The van der Waals surface area contributed by atoms with Gasteiger partial charge in [0.2, 0.25) is 0 Å². The minimum absolute atomic E-state index is 0.0194. The summed E-state index contributed by atoms with van der Waals surface area (Å²) in [6.07, 6.45) is 1.51. The van der Waals surface area contributed by atoms with Gasteiger partial charge in [0.05, 0.1) is 6.61 Å². The molecule has 1 aromatic heterocycles. The van der Waals surface area contributed by atoms with Gasteiger partial charge in [0, 0.05) is 11.8 Å². The molecule has 1 aromatic carbocycles. The van der Waals surface area contributed by atoms with Crippen molar-refractivity contribution in [3.63, 3.8) is 0 Å². The highest BCUT2D eigenvalue weighted by Crippen LogP contribution is 2.19. The van der Waals surface area contributed by atoms with E-state index in [-0.39, 0.29) is 12.3 Å². The molecule has 0 radical (unpaired) electrons. The number of hydrogen-bond acceptors (Lipinski definition) is 3. The highest BCUT2D eigenvalue weighted by atomic mass is 16.4. The number of aromatic carboxylic acids is 1. The van der Waals surface area contributed by atoms with Gasteiger partial charge in [-0.15, -0.1) is 0 Å². The average Bonchev–Trinajstić information content (AvgIpc) is 2.39. The summed E-state index contributed by atoms with van der Waals surface area (Å²) in [5, 5.41) is 17.8. The number of benzene rings is 1. The highest BCUT2D eigenvalue weighted by molar-refractivity contribution is 5.85. The van der Waals surface area contributed by atoms with E-state index < -0.39 is 5.97 Å². The predicted octanol–water partition coefficient (Wildman–Crippen LogP) is 1.94. The maximum atomic E-state index is 10.7. The molecule has 2 rings (SSSR count). The topological polar surface area (TPSA) is 70.4 Å². The SMILES string of the molecule is O=C(O)c1ccc(-c2cccc(CO)c2)cn1. The van der Waals surface area contributed by atoms with E-state index in [1.54, 1.807) is 6.07 Å². The molecule has 0 saturated carbocycles. The van der Waals surface area contributed by atoms with Crippen molar-refractivity contribution in [3.8, 4) is 11.1 Å². The van der Waals surface area contributed by atoms with E-state index >= 15 is 0 Å². The Morgan fingerprint density at radius 3 is 2.59 bits per heavy atom. The van der Waals surface area contributed by atoms with Gasteiger partial charge in [0.25, 0.3) is 0 Å². The summed E-state index contributed by atoms with van der Waals surface area (Å²) >= 11 is 0. The molecular weight excluding hydrogens is 218 g/mol. The fraction of sp³-hybridized carbons (Fsp3) is 0.0769. The monoisotopic (exact) mass is 229 g/mol. The van der Waals surface area contributed by atoms with E-state index in [2.05, 4.69) is 4.98 Å². The van der Waals surface area contributed by atoms with Crippen molar-refractivity contribution in [1.82, 2.24) is 4.98 Å². The van der Waals surface area contributed by atoms with Crippen LogP contribution in [0.3, 0.4) is 0 Å². The Labute approximate surface area is 98.2 Å². The van der Waals surface area contributed by atoms with Crippen LogP contribution in [-0.4, -0.2) is 21.2 Å². The van der Waals surface area contributed by atoms with Crippen molar-refractivity contribution in [2.24, 2.45) is 0 Å². The fourth-order valence-corrected chi connectivity index (χ4v) is 1.54. The number of hydrogen-bond donors (Lipinski definition) is 2. The lowest BCUT2D eigenvalue weighted by Gasteiger charge is -2.03. The molecule has 0 atom stereocenters. The Balaban J connectivity index is 2.36. The molecule has 4 heteroatoms. The van der Waals surface area contributed by atoms with Crippen LogP contribution in [0.4, 0.5) is 0 Å². The second kappa shape index (κ2) is 4.76.